The van der Waals surface area contributed by atoms with E-state index in [0.29, 0.717) is 4.47 Å². The summed E-state index contributed by atoms with van der Waals surface area (Å²) in [5, 5.41) is 0. The molecule has 8 heteroatoms. The molecule has 0 N–H and O–H groups in total. The van der Waals surface area contributed by atoms with Crippen LogP contribution in [0.2, 0.25) is 0 Å². The molecule has 0 aromatic heterocycles. The summed E-state index contributed by atoms with van der Waals surface area (Å²) in [5.41, 5.74) is 0.0767. The summed E-state index contributed by atoms with van der Waals surface area (Å²) in [4.78, 5) is 0. The lowest BCUT2D eigenvalue weighted by Crippen LogP contribution is -2.23. The highest BCUT2D eigenvalue weighted by Crippen LogP contribution is 2.37. The third-order valence-corrected chi connectivity index (χ3v) is 3.49. The fourth-order valence-corrected chi connectivity index (χ4v) is 2.20. The second kappa shape index (κ2) is 6.23. The number of halogens is 4. The van der Waals surface area contributed by atoms with Crippen molar-refractivity contribution in [1.29, 1.82) is 0 Å². The van der Waals surface area contributed by atoms with Crippen LogP contribution in [0.3, 0.4) is 0 Å². The van der Waals surface area contributed by atoms with E-state index in [0.717, 1.165) is 6.26 Å². The third kappa shape index (κ3) is 5.92. The first-order chi connectivity index (χ1) is 8.59. The third-order valence-electron chi connectivity index (χ3n) is 2.37. The van der Waals surface area contributed by atoms with Gasteiger partial charge in [-0.15, -0.1) is 0 Å². The van der Waals surface area contributed by atoms with E-state index in [1.165, 1.54) is 24.3 Å². The molecule has 0 aliphatic rings. The molecule has 19 heavy (non-hydrogen) atoms. The standard InChI is InChI=1S/C11H12BrF3O3S/c1-19(16,17)18-7-6-10(11(13,14)15)8-2-4-9(12)5-3-8/h2-5,10H,6-7H2,1H3. The van der Waals surface area contributed by atoms with Crippen molar-refractivity contribution >= 4 is 26.0 Å². The zero-order valence-electron chi connectivity index (χ0n) is 9.95. The number of hydrogen-bond acceptors (Lipinski definition) is 3. The van der Waals surface area contributed by atoms with Crippen LogP contribution in [0.5, 0.6) is 0 Å². The molecule has 1 atom stereocenters. The van der Waals surface area contributed by atoms with Crippen molar-refractivity contribution in [3.8, 4) is 0 Å². The molecule has 0 aliphatic heterocycles. The van der Waals surface area contributed by atoms with Gasteiger partial charge in [-0.05, 0) is 24.1 Å². The zero-order chi connectivity index (χ0) is 14.7. The van der Waals surface area contributed by atoms with E-state index in [9.17, 15) is 21.6 Å². The van der Waals surface area contributed by atoms with Gasteiger partial charge in [0.15, 0.2) is 0 Å². The molecule has 0 heterocycles. The van der Waals surface area contributed by atoms with Crippen LogP contribution in [-0.4, -0.2) is 27.5 Å². The highest BCUT2D eigenvalue weighted by atomic mass is 79.9. The van der Waals surface area contributed by atoms with Gasteiger partial charge in [0.1, 0.15) is 0 Å². The van der Waals surface area contributed by atoms with Gasteiger partial charge >= 0.3 is 6.18 Å². The lowest BCUT2D eigenvalue weighted by Gasteiger charge is -2.20. The van der Waals surface area contributed by atoms with E-state index < -0.39 is 35.2 Å². The minimum atomic E-state index is -4.45. The smallest absolute Gasteiger partial charge is 0.270 e. The van der Waals surface area contributed by atoms with Crippen LogP contribution < -0.4 is 0 Å². The Hall–Kier alpha value is -0.600. The highest BCUT2D eigenvalue weighted by Gasteiger charge is 2.40. The summed E-state index contributed by atoms with van der Waals surface area (Å²) in [7, 11) is -3.73. The monoisotopic (exact) mass is 360 g/mol. The first-order valence-electron chi connectivity index (χ1n) is 5.26. The molecule has 0 radical (unpaired) electrons. The molecular weight excluding hydrogens is 349 g/mol. The number of alkyl halides is 3. The van der Waals surface area contributed by atoms with Gasteiger partial charge in [-0.25, -0.2) is 0 Å². The van der Waals surface area contributed by atoms with Gasteiger partial charge in [-0.1, -0.05) is 28.1 Å². The summed E-state index contributed by atoms with van der Waals surface area (Å²) in [5.74, 6) is -1.75. The predicted octanol–water partition coefficient (Wildman–Crippen LogP) is 3.46. The molecule has 0 spiro atoms. The summed E-state index contributed by atoms with van der Waals surface area (Å²) >= 11 is 3.14. The largest absolute Gasteiger partial charge is 0.395 e. The van der Waals surface area contributed by atoms with Crippen LogP contribution in [0.25, 0.3) is 0 Å². The molecule has 108 valence electrons. The van der Waals surface area contributed by atoms with E-state index in [2.05, 4.69) is 20.1 Å². The first-order valence-corrected chi connectivity index (χ1v) is 7.87. The average molecular weight is 361 g/mol. The molecule has 3 nitrogen and oxygen atoms in total. The van der Waals surface area contributed by atoms with Crippen molar-refractivity contribution in [2.45, 2.75) is 18.5 Å². The van der Waals surface area contributed by atoms with Crippen molar-refractivity contribution in [2.24, 2.45) is 0 Å². The summed E-state index contributed by atoms with van der Waals surface area (Å²) in [6.45, 7) is -0.501. The maximum Gasteiger partial charge on any atom is 0.395 e. The van der Waals surface area contributed by atoms with Crippen molar-refractivity contribution in [3.63, 3.8) is 0 Å². The van der Waals surface area contributed by atoms with Crippen LogP contribution in [0, 0.1) is 0 Å². The van der Waals surface area contributed by atoms with E-state index in [1.54, 1.807) is 0 Å². The lowest BCUT2D eigenvalue weighted by molar-refractivity contribution is -0.153. The summed E-state index contributed by atoms with van der Waals surface area (Å²) in [6.07, 6.45) is -4.10. The normalized spacial score (nSPS) is 14.4. The fourth-order valence-electron chi connectivity index (χ4n) is 1.53. The predicted molar refractivity (Wildman–Crippen MR) is 68.4 cm³/mol. The summed E-state index contributed by atoms with van der Waals surface area (Å²) in [6, 6.07) is 5.71. The van der Waals surface area contributed by atoms with Crippen molar-refractivity contribution < 1.29 is 25.8 Å². The molecule has 1 rings (SSSR count). The van der Waals surface area contributed by atoms with Crippen LogP contribution >= 0.6 is 15.9 Å². The van der Waals surface area contributed by atoms with E-state index in [-0.39, 0.29) is 5.56 Å². The van der Waals surface area contributed by atoms with Crippen molar-refractivity contribution in [3.05, 3.63) is 34.3 Å². The Labute approximate surface area is 118 Å². The molecule has 0 bridgehead atoms. The number of rotatable bonds is 5. The van der Waals surface area contributed by atoms with Crippen molar-refractivity contribution in [2.75, 3.05) is 12.9 Å². The topological polar surface area (TPSA) is 43.4 Å². The molecule has 0 amide bonds. The highest BCUT2D eigenvalue weighted by molar-refractivity contribution is 9.10. The fraction of sp³-hybridized carbons (Fsp3) is 0.455. The lowest BCUT2D eigenvalue weighted by atomic mass is 9.96. The molecule has 0 aliphatic carbocycles. The molecule has 0 fully saturated rings. The maximum absolute atomic E-state index is 12.9. The SMILES string of the molecule is CS(=O)(=O)OCCC(c1ccc(Br)cc1)C(F)(F)F. The molecule has 0 saturated heterocycles. The second-order valence-electron chi connectivity index (χ2n) is 3.96. The minimum absolute atomic E-state index is 0.0767. The Bertz CT molecular complexity index is 511. The minimum Gasteiger partial charge on any atom is -0.270 e. The Morgan fingerprint density at radius 2 is 1.79 bits per heavy atom. The maximum atomic E-state index is 12.9. The molecule has 0 saturated carbocycles. The molecule has 1 aromatic rings. The molecule has 1 aromatic carbocycles. The van der Waals surface area contributed by atoms with Gasteiger partial charge < -0.3 is 0 Å². The van der Waals surface area contributed by atoms with Gasteiger partial charge in [-0.3, -0.25) is 4.18 Å². The Kier molecular flexibility index (Phi) is 5.40. The van der Waals surface area contributed by atoms with Gasteiger partial charge in [0, 0.05) is 4.47 Å². The van der Waals surface area contributed by atoms with Gasteiger partial charge in [-0.2, -0.15) is 21.6 Å². The zero-order valence-corrected chi connectivity index (χ0v) is 12.3. The van der Waals surface area contributed by atoms with E-state index in [1.807, 2.05) is 0 Å². The van der Waals surface area contributed by atoms with E-state index in [4.69, 9.17) is 0 Å². The summed E-state index contributed by atoms with van der Waals surface area (Å²) < 4.78 is 65.2. The van der Waals surface area contributed by atoms with Gasteiger partial charge in [0.25, 0.3) is 10.1 Å². The van der Waals surface area contributed by atoms with Gasteiger partial charge in [0.05, 0.1) is 18.8 Å². The quantitative estimate of drug-likeness (QED) is 0.755. The second-order valence-corrected chi connectivity index (χ2v) is 6.52. The average Bonchev–Trinajstić information content (AvgIpc) is 2.23. The Balaban J connectivity index is 2.82. The van der Waals surface area contributed by atoms with Crippen LogP contribution in [0.15, 0.2) is 28.7 Å². The first kappa shape index (κ1) is 16.5. The molecular formula is C11H12BrF3O3S. The van der Waals surface area contributed by atoms with Gasteiger partial charge in [0.2, 0.25) is 0 Å². The van der Waals surface area contributed by atoms with Crippen LogP contribution in [0.1, 0.15) is 17.9 Å². The number of hydrogen-bond donors (Lipinski definition) is 0. The Morgan fingerprint density at radius 1 is 1.26 bits per heavy atom. The Morgan fingerprint density at radius 3 is 2.21 bits per heavy atom. The van der Waals surface area contributed by atoms with Crippen LogP contribution in [0.4, 0.5) is 13.2 Å². The van der Waals surface area contributed by atoms with Crippen LogP contribution in [-0.2, 0) is 14.3 Å². The van der Waals surface area contributed by atoms with Crippen molar-refractivity contribution in [1.82, 2.24) is 0 Å². The number of benzene rings is 1. The molecule has 1 unspecified atom stereocenters. The van der Waals surface area contributed by atoms with E-state index >= 15 is 0 Å².